The highest BCUT2D eigenvalue weighted by Crippen LogP contribution is 2.38. The molecule has 2 unspecified atom stereocenters. The maximum atomic E-state index is 13.8. The van der Waals surface area contributed by atoms with Crippen LogP contribution < -0.4 is 10.2 Å². The van der Waals surface area contributed by atoms with Crippen LogP contribution in [0.4, 0.5) is 0 Å². The average molecular weight is 637 g/mol. The molecule has 0 bridgehead atoms. The summed E-state index contributed by atoms with van der Waals surface area (Å²) in [6.45, 7) is 0.561. The van der Waals surface area contributed by atoms with E-state index in [4.69, 9.17) is 23.4 Å². The van der Waals surface area contributed by atoms with E-state index in [1.165, 1.54) is 54.6 Å². The number of aliphatic hydroxyl groups is 2. The number of aliphatic hydroxyl groups excluding tert-OH is 2. The van der Waals surface area contributed by atoms with Gasteiger partial charge in [-0.2, -0.15) is 0 Å². The standard InChI is InChI=1S/C32H28O14/c1-15(33)42-14-23-26(39)28(41)31(45-24(38)11-4-16-2-7-18(34)8-3-16)32(44-23)46-30-27(40)25-21(37)12-20(36)13-22(25)43-29(30)17-5-9-19(35)10-6-17/h2-13,23,26,28,31-32,34-37,39,41H,14H2,1H3/b11-4+/t23?,26-,28+,31?,32+/m1/s1. The van der Waals surface area contributed by atoms with Crippen molar-refractivity contribution in [1.29, 1.82) is 0 Å². The molecular formula is C32H28O14. The highest BCUT2D eigenvalue weighted by Gasteiger charge is 2.49. The quantitative estimate of drug-likeness (QED) is 0.121. The number of carbonyl (C=O) groups is 2. The Morgan fingerprint density at radius 1 is 0.891 bits per heavy atom. The molecule has 1 fully saturated rings. The van der Waals surface area contributed by atoms with Gasteiger partial charge in [0, 0.05) is 30.7 Å². The lowest BCUT2D eigenvalue weighted by atomic mass is 9.99. The van der Waals surface area contributed by atoms with Crippen molar-refractivity contribution in [2.24, 2.45) is 0 Å². The van der Waals surface area contributed by atoms with Crippen LogP contribution in [0.1, 0.15) is 12.5 Å². The van der Waals surface area contributed by atoms with Crippen LogP contribution in [0.15, 0.2) is 76.0 Å². The molecule has 4 aromatic rings. The predicted octanol–water partition coefficient (Wildman–Crippen LogP) is 2.30. The zero-order chi connectivity index (χ0) is 33.1. The highest BCUT2D eigenvalue weighted by atomic mass is 16.7. The monoisotopic (exact) mass is 636 g/mol. The molecule has 14 heteroatoms. The Morgan fingerprint density at radius 3 is 2.20 bits per heavy atom. The van der Waals surface area contributed by atoms with Crippen LogP contribution in [0.25, 0.3) is 28.4 Å². The van der Waals surface area contributed by atoms with Crippen LogP contribution in [0.2, 0.25) is 0 Å². The summed E-state index contributed by atoms with van der Waals surface area (Å²) < 4.78 is 27.9. The van der Waals surface area contributed by atoms with Crippen molar-refractivity contribution < 1.29 is 63.6 Å². The van der Waals surface area contributed by atoms with Crippen LogP contribution in [0.3, 0.4) is 0 Å². The minimum absolute atomic E-state index is 0.00875. The largest absolute Gasteiger partial charge is 0.508 e. The summed E-state index contributed by atoms with van der Waals surface area (Å²) in [6.07, 6.45) is -6.31. The van der Waals surface area contributed by atoms with Gasteiger partial charge >= 0.3 is 11.9 Å². The summed E-state index contributed by atoms with van der Waals surface area (Å²) in [7, 11) is 0. The number of fused-ring (bicyclic) bond motifs is 1. The molecule has 0 amide bonds. The van der Waals surface area contributed by atoms with E-state index in [1.54, 1.807) is 0 Å². The van der Waals surface area contributed by atoms with Gasteiger partial charge in [0.2, 0.25) is 17.5 Å². The first kappa shape index (κ1) is 31.8. The molecule has 6 N–H and O–H groups in total. The lowest BCUT2D eigenvalue weighted by Crippen LogP contribution is -2.61. The average Bonchev–Trinajstić information content (AvgIpc) is 3.00. The van der Waals surface area contributed by atoms with Gasteiger partial charge in [0.1, 0.15) is 58.9 Å². The molecule has 1 aliphatic rings. The number of rotatable bonds is 8. The minimum atomic E-state index is -1.89. The summed E-state index contributed by atoms with van der Waals surface area (Å²) >= 11 is 0. The second kappa shape index (κ2) is 13.2. The maximum absolute atomic E-state index is 13.8. The van der Waals surface area contributed by atoms with Gasteiger partial charge in [-0.3, -0.25) is 9.59 Å². The maximum Gasteiger partial charge on any atom is 0.331 e. The fraction of sp³-hybridized carbons (Fsp3) is 0.219. The number of hydrogen-bond donors (Lipinski definition) is 6. The molecule has 0 saturated carbocycles. The van der Waals surface area contributed by atoms with Gasteiger partial charge in [-0.05, 0) is 48.0 Å². The lowest BCUT2D eigenvalue weighted by Gasteiger charge is -2.41. The Kier molecular flexibility index (Phi) is 9.13. The van der Waals surface area contributed by atoms with E-state index >= 15 is 0 Å². The first-order valence-electron chi connectivity index (χ1n) is 13.7. The third-order valence-electron chi connectivity index (χ3n) is 6.93. The van der Waals surface area contributed by atoms with Gasteiger partial charge in [0.15, 0.2) is 11.9 Å². The molecule has 2 heterocycles. The Hall–Kier alpha value is -5.57. The molecule has 1 aliphatic heterocycles. The molecular weight excluding hydrogens is 608 g/mol. The molecule has 1 aromatic heterocycles. The molecule has 3 aromatic carbocycles. The van der Waals surface area contributed by atoms with E-state index in [2.05, 4.69) is 0 Å². The topological polar surface area (TPSA) is 223 Å². The number of esters is 2. The van der Waals surface area contributed by atoms with E-state index in [-0.39, 0.29) is 28.4 Å². The fourth-order valence-electron chi connectivity index (χ4n) is 4.68. The molecule has 14 nitrogen and oxygen atoms in total. The zero-order valence-corrected chi connectivity index (χ0v) is 24.0. The fourth-order valence-corrected chi connectivity index (χ4v) is 4.68. The molecule has 0 spiro atoms. The molecule has 240 valence electrons. The molecule has 46 heavy (non-hydrogen) atoms. The van der Waals surface area contributed by atoms with Crippen LogP contribution in [0.5, 0.6) is 28.7 Å². The number of phenolic OH excluding ortho intramolecular Hbond substituents is 4. The second-order valence-electron chi connectivity index (χ2n) is 10.2. The third-order valence-corrected chi connectivity index (χ3v) is 6.93. The van der Waals surface area contributed by atoms with Crippen molar-refractivity contribution in [3.05, 3.63) is 82.5 Å². The van der Waals surface area contributed by atoms with E-state index in [1.807, 2.05) is 0 Å². The number of aromatic hydroxyl groups is 4. The lowest BCUT2D eigenvalue weighted by molar-refractivity contribution is -0.282. The normalized spacial score (nSPS) is 21.2. The second-order valence-corrected chi connectivity index (χ2v) is 10.2. The zero-order valence-electron chi connectivity index (χ0n) is 24.0. The summed E-state index contributed by atoms with van der Waals surface area (Å²) in [5.74, 6) is -3.77. The Labute approximate surface area is 259 Å². The molecule has 5 atom stereocenters. The van der Waals surface area contributed by atoms with Gasteiger partial charge in [-0.25, -0.2) is 4.79 Å². The van der Waals surface area contributed by atoms with Crippen molar-refractivity contribution in [3.63, 3.8) is 0 Å². The third kappa shape index (κ3) is 6.89. The Balaban J connectivity index is 1.56. The van der Waals surface area contributed by atoms with Crippen LogP contribution in [-0.4, -0.2) is 79.9 Å². The summed E-state index contributed by atoms with van der Waals surface area (Å²) in [6, 6.07) is 13.2. The van der Waals surface area contributed by atoms with Crippen molar-refractivity contribution in [2.45, 2.75) is 37.6 Å². The summed E-state index contributed by atoms with van der Waals surface area (Å²) in [5, 5.41) is 61.1. The van der Waals surface area contributed by atoms with Crippen molar-refractivity contribution in [2.75, 3.05) is 6.61 Å². The van der Waals surface area contributed by atoms with Gasteiger partial charge in [0.05, 0.1) is 0 Å². The van der Waals surface area contributed by atoms with Crippen molar-refractivity contribution in [1.82, 2.24) is 0 Å². The van der Waals surface area contributed by atoms with Gasteiger partial charge in [-0.15, -0.1) is 0 Å². The Bertz CT molecular complexity index is 1830. The van der Waals surface area contributed by atoms with Crippen LogP contribution >= 0.6 is 0 Å². The van der Waals surface area contributed by atoms with Crippen LogP contribution in [0, 0.1) is 0 Å². The molecule has 0 aliphatic carbocycles. The van der Waals surface area contributed by atoms with Gasteiger partial charge < -0.3 is 54.0 Å². The van der Waals surface area contributed by atoms with E-state index in [0.29, 0.717) is 5.56 Å². The number of carbonyl (C=O) groups excluding carboxylic acids is 2. The van der Waals surface area contributed by atoms with E-state index < -0.39 is 77.3 Å². The van der Waals surface area contributed by atoms with Crippen LogP contribution in [-0.2, 0) is 23.8 Å². The van der Waals surface area contributed by atoms with Gasteiger partial charge in [0.25, 0.3) is 0 Å². The van der Waals surface area contributed by atoms with Crippen molar-refractivity contribution >= 4 is 29.0 Å². The minimum Gasteiger partial charge on any atom is -0.508 e. The van der Waals surface area contributed by atoms with Crippen molar-refractivity contribution in [3.8, 4) is 40.1 Å². The SMILES string of the molecule is CC(=O)OCC1O[C@@H](Oc2c(-c3ccc(O)cc3)oc3cc(O)cc(O)c3c2=O)C(OC(=O)/C=C/c2ccc(O)cc2)[C@@H](O)[C@@H]1O. The number of benzene rings is 3. The molecule has 0 radical (unpaired) electrons. The summed E-state index contributed by atoms with van der Waals surface area (Å²) in [5.41, 5.74) is -0.483. The Morgan fingerprint density at radius 2 is 1.54 bits per heavy atom. The number of ether oxygens (including phenoxy) is 4. The van der Waals surface area contributed by atoms with Gasteiger partial charge in [-0.1, -0.05) is 12.1 Å². The number of hydrogen-bond acceptors (Lipinski definition) is 14. The first-order valence-corrected chi connectivity index (χ1v) is 13.7. The highest BCUT2D eigenvalue weighted by molar-refractivity contribution is 5.88. The first-order chi connectivity index (χ1) is 21.9. The summed E-state index contributed by atoms with van der Waals surface area (Å²) in [4.78, 5) is 38.1. The predicted molar refractivity (Wildman–Crippen MR) is 158 cm³/mol. The van der Waals surface area contributed by atoms with E-state index in [9.17, 15) is 45.0 Å². The molecule has 5 rings (SSSR count). The molecule has 1 saturated heterocycles. The smallest absolute Gasteiger partial charge is 0.331 e. The van der Waals surface area contributed by atoms with E-state index in [0.717, 1.165) is 25.1 Å². The number of phenols is 4.